The molecule has 138 valence electrons. The number of hydrogen-bond donors (Lipinski definition) is 3. The fourth-order valence-corrected chi connectivity index (χ4v) is 3.35. The maximum absolute atomic E-state index is 12.3. The molecule has 1 aliphatic heterocycles. The van der Waals surface area contributed by atoms with E-state index in [0.717, 1.165) is 17.3 Å². The number of nitrogens with zero attached hydrogens (tertiary/aromatic N) is 1. The Morgan fingerprint density at radius 3 is 2.59 bits per heavy atom. The third kappa shape index (κ3) is 5.18. The lowest BCUT2D eigenvalue weighted by molar-refractivity contribution is -0.121. The van der Waals surface area contributed by atoms with Crippen LogP contribution in [-0.2, 0) is 16.1 Å². The first kappa shape index (κ1) is 18.7. The van der Waals surface area contributed by atoms with E-state index in [1.54, 1.807) is 24.3 Å². The number of benzene rings is 2. The standard InChI is InChI=1S/C19H18N4O3S/c20-19-23-18(26)15(27-19)10-16(24)22-14-8-4-7-13(9-14)17(25)21-11-12-5-2-1-3-6-12/h1-9,15H,10-11H2,(H,21,25)(H,22,24)(H2,20,23,26)/t15-/m1/s1. The van der Waals surface area contributed by atoms with Crippen LogP contribution in [-0.4, -0.2) is 28.1 Å². The number of anilines is 1. The Hall–Kier alpha value is -3.13. The summed E-state index contributed by atoms with van der Waals surface area (Å²) in [5.41, 5.74) is 7.40. The second-order valence-corrected chi connectivity index (χ2v) is 7.12. The highest BCUT2D eigenvalue weighted by Crippen LogP contribution is 2.23. The van der Waals surface area contributed by atoms with Gasteiger partial charge in [-0.3, -0.25) is 14.4 Å². The molecule has 27 heavy (non-hydrogen) atoms. The lowest BCUT2D eigenvalue weighted by Gasteiger charge is -2.10. The van der Waals surface area contributed by atoms with Gasteiger partial charge in [0, 0.05) is 24.2 Å². The average molecular weight is 382 g/mol. The molecule has 4 N–H and O–H groups in total. The van der Waals surface area contributed by atoms with Gasteiger partial charge in [-0.1, -0.05) is 48.2 Å². The van der Waals surface area contributed by atoms with Gasteiger partial charge in [0.2, 0.25) is 5.91 Å². The maximum Gasteiger partial charge on any atom is 0.262 e. The number of nitrogens with two attached hydrogens (primary N) is 1. The van der Waals surface area contributed by atoms with Gasteiger partial charge < -0.3 is 16.4 Å². The molecule has 0 bridgehead atoms. The van der Waals surface area contributed by atoms with Crippen LogP contribution in [0.2, 0.25) is 0 Å². The van der Waals surface area contributed by atoms with Crippen molar-refractivity contribution in [3.05, 3.63) is 65.7 Å². The third-order valence-corrected chi connectivity index (χ3v) is 4.82. The monoisotopic (exact) mass is 382 g/mol. The third-order valence-electron chi connectivity index (χ3n) is 3.83. The smallest absolute Gasteiger partial charge is 0.262 e. The van der Waals surface area contributed by atoms with Crippen LogP contribution in [0.4, 0.5) is 5.69 Å². The lowest BCUT2D eigenvalue weighted by Crippen LogP contribution is -2.23. The van der Waals surface area contributed by atoms with Crippen molar-refractivity contribution in [3.8, 4) is 0 Å². The number of amides is 3. The number of carbonyl (C=O) groups is 3. The number of nitrogens with one attached hydrogen (secondary N) is 2. The van der Waals surface area contributed by atoms with Gasteiger partial charge in [-0.05, 0) is 23.8 Å². The minimum atomic E-state index is -0.595. The van der Waals surface area contributed by atoms with Crippen LogP contribution < -0.4 is 16.4 Å². The molecule has 2 aromatic rings. The van der Waals surface area contributed by atoms with Crippen LogP contribution in [0.25, 0.3) is 0 Å². The molecule has 0 saturated carbocycles. The molecule has 1 aliphatic rings. The molecular weight excluding hydrogens is 364 g/mol. The van der Waals surface area contributed by atoms with E-state index in [4.69, 9.17) is 5.73 Å². The van der Waals surface area contributed by atoms with Crippen molar-refractivity contribution in [1.29, 1.82) is 0 Å². The van der Waals surface area contributed by atoms with Crippen molar-refractivity contribution in [1.82, 2.24) is 5.32 Å². The molecule has 0 saturated heterocycles. The molecule has 1 heterocycles. The number of hydrogen-bond acceptors (Lipinski definition) is 5. The predicted octanol–water partition coefficient (Wildman–Crippen LogP) is 1.90. The number of carbonyl (C=O) groups excluding carboxylic acids is 3. The minimum absolute atomic E-state index is 0.0296. The Morgan fingerprint density at radius 1 is 1.11 bits per heavy atom. The van der Waals surface area contributed by atoms with Gasteiger partial charge in [-0.25, -0.2) is 0 Å². The number of rotatable bonds is 6. The van der Waals surface area contributed by atoms with Gasteiger partial charge in [-0.2, -0.15) is 4.99 Å². The molecule has 0 fully saturated rings. The topological polar surface area (TPSA) is 114 Å². The fraction of sp³-hybridized carbons (Fsp3) is 0.158. The van der Waals surface area contributed by atoms with E-state index in [2.05, 4.69) is 15.6 Å². The van der Waals surface area contributed by atoms with Crippen LogP contribution in [0, 0.1) is 0 Å². The Labute approximate surface area is 160 Å². The van der Waals surface area contributed by atoms with E-state index in [1.165, 1.54) is 0 Å². The average Bonchev–Trinajstić information content (AvgIpc) is 2.97. The molecule has 7 nitrogen and oxygen atoms in total. The van der Waals surface area contributed by atoms with E-state index in [0.29, 0.717) is 17.8 Å². The molecule has 0 aliphatic carbocycles. The van der Waals surface area contributed by atoms with Gasteiger partial charge in [0.15, 0.2) is 5.17 Å². The second-order valence-electron chi connectivity index (χ2n) is 5.90. The molecule has 0 radical (unpaired) electrons. The van der Waals surface area contributed by atoms with E-state index in [9.17, 15) is 14.4 Å². The Bertz CT molecular complexity index is 899. The van der Waals surface area contributed by atoms with E-state index in [1.807, 2.05) is 30.3 Å². The molecule has 2 aromatic carbocycles. The first-order valence-corrected chi connectivity index (χ1v) is 9.16. The highest BCUT2D eigenvalue weighted by molar-refractivity contribution is 8.15. The highest BCUT2D eigenvalue weighted by Gasteiger charge is 2.29. The van der Waals surface area contributed by atoms with Crippen molar-refractivity contribution in [2.45, 2.75) is 18.2 Å². The van der Waals surface area contributed by atoms with Gasteiger partial charge in [0.1, 0.15) is 5.25 Å². The summed E-state index contributed by atoms with van der Waals surface area (Å²) < 4.78 is 0. The predicted molar refractivity (Wildman–Crippen MR) is 105 cm³/mol. The Balaban J connectivity index is 1.56. The largest absolute Gasteiger partial charge is 0.378 e. The second kappa shape index (κ2) is 8.50. The van der Waals surface area contributed by atoms with Gasteiger partial charge >= 0.3 is 0 Å². The molecule has 3 rings (SSSR count). The lowest BCUT2D eigenvalue weighted by atomic mass is 10.1. The molecule has 0 unspecified atom stereocenters. The van der Waals surface area contributed by atoms with Crippen molar-refractivity contribution < 1.29 is 14.4 Å². The fourth-order valence-electron chi connectivity index (χ4n) is 2.53. The van der Waals surface area contributed by atoms with Crippen LogP contribution in [0.1, 0.15) is 22.3 Å². The zero-order valence-corrected chi connectivity index (χ0v) is 15.2. The van der Waals surface area contributed by atoms with Crippen molar-refractivity contribution in [2.24, 2.45) is 10.7 Å². The van der Waals surface area contributed by atoms with Crippen LogP contribution in [0.5, 0.6) is 0 Å². The quantitative estimate of drug-likeness (QED) is 0.706. The first-order chi connectivity index (χ1) is 13.0. The van der Waals surface area contributed by atoms with E-state index in [-0.39, 0.29) is 23.4 Å². The SMILES string of the molecule is NC1=NC(=O)[C@@H](CC(=O)Nc2cccc(C(=O)NCc3ccccc3)c2)S1. The van der Waals surface area contributed by atoms with Gasteiger partial charge in [-0.15, -0.1) is 0 Å². The van der Waals surface area contributed by atoms with Crippen molar-refractivity contribution in [2.75, 3.05) is 5.32 Å². The van der Waals surface area contributed by atoms with Crippen LogP contribution in [0.15, 0.2) is 59.6 Å². The van der Waals surface area contributed by atoms with Gasteiger partial charge in [0.25, 0.3) is 11.8 Å². The minimum Gasteiger partial charge on any atom is -0.378 e. The van der Waals surface area contributed by atoms with Crippen LogP contribution in [0.3, 0.4) is 0 Å². The van der Waals surface area contributed by atoms with Gasteiger partial charge in [0.05, 0.1) is 0 Å². The van der Waals surface area contributed by atoms with Crippen molar-refractivity contribution >= 4 is 40.3 Å². The van der Waals surface area contributed by atoms with Crippen molar-refractivity contribution in [3.63, 3.8) is 0 Å². The summed E-state index contributed by atoms with van der Waals surface area (Å²) in [4.78, 5) is 39.6. The van der Waals surface area contributed by atoms with Crippen LogP contribution >= 0.6 is 11.8 Å². The summed E-state index contributed by atoms with van der Waals surface area (Å²) in [6, 6.07) is 16.2. The molecule has 8 heteroatoms. The summed E-state index contributed by atoms with van der Waals surface area (Å²) in [6.07, 6.45) is -0.0296. The summed E-state index contributed by atoms with van der Waals surface area (Å²) in [5, 5.41) is 5.11. The first-order valence-electron chi connectivity index (χ1n) is 8.28. The molecule has 1 atom stereocenters. The zero-order valence-electron chi connectivity index (χ0n) is 14.3. The maximum atomic E-state index is 12.3. The summed E-state index contributed by atoms with van der Waals surface area (Å²) in [6.45, 7) is 0.415. The number of amidine groups is 1. The highest BCUT2D eigenvalue weighted by atomic mass is 32.2. The van der Waals surface area contributed by atoms with E-state index >= 15 is 0 Å². The normalized spacial score (nSPS) is 15.9. The zero-order chi connectivity index (χ0) is 19.2. The number of aliphatic imine (C=N–C) groups is 1. The van der Waals surface area contributed by atoms with E-state index < -0.39 is 11.2 Å². The Morgan fingerprint density at radius 2 is 1.89 bits per heavy atom. The molecule has 0 aromatic heterocycles. The summed E-state index contributed by atoms with van der Waals surface area (Å²) in [7, 11) is 0. The molecule has 3 amide bonds. The Kier molecular flexibility index (Phi) is 5.87. The number of thioether (sulfide) groups is 1. The summed E-state index contributed by atoms with van der Waals surface area (Å²) >= 11 is 1.08. The molecule has 0 spiro atoms. The molecular formula is C19H18N4O3S. The summed E-state index contributed by atoms with van der Waals surface area (Å²) in [5.74, 6) is -0.980.